The van der Waals surface area contributed by atoms with E-state index in [4.69, 9.17) is 14.9 Å². The number of carboxylic acid groups (broad SMARTS) is 1. The van der Waals surface area contributed by atoms with Gasteiger partial charge in [-0.2, -0.15) is 0 Å². The normalized spacial score (nSPS) is 18.1. The number of anilines is 1. The molecule has 1 heterocycles. The van der Waals surface area contributed by atoms with Crippen LogP contribution in [0, 0.1) is 0 Å². The van der Waals surface area contributed by atoms with Gasteiger partial charge >= 0.3 is 5.97 Å². The highest BCUT2D eigenvalue weighted by Crippen LogP contribution is 2.28. The van der Waals surface area contributed by atoms with E-state index in [2.05, 4.69) is 10.6 Å². The van der Waals surface area contributed by atoms with Gasteiger partial charge in [-0.1, -0.05) is 12.1 Å². The van der Waals surface area contributed by atoms with Gasteiger partial charge in [0, 0.05) is 13.0 Å². The zero-order valence-corrected chi connectivity index (χ0v) is 10.7. The third-order valence-electron chi connectivity index (χ3n) is 2.93. The summed E-state index contributed by atoms with van der Waals surface area (Å²) in [5, 5.41) is 23.2. The maximum absolute atomic E-state index is 11.9. The van der Waals surface area contributed by atoms with Gasteiger partial charge in [0.25, 0.3) is 5.91 Å². The molecule has 7 heteroatoms. The van der Waals surface area contributed by atoms with Gasteiger partial charge in [0.2, 0.25) is 0 Å². The van der Waals surface area contributed by atoms with E-state index in [0.717, 1.165) is 5.69 Å². The Morgan fingerprint density at radius 3 is 2.95 bits per heavy atom. The first-order valence-electron chi connectivity index (χ1n) is 6.26. The van der Waals surface area contributed by atoms with Crippen LogP contribution >= 0.6 is 0 Å². The Morgan fingerprint density at radius 1 is 1.45 bits per heavy atom. The number of amides is 1. The average molecular weight is 280 g/mol. The van der Waals surface area contributed by atoms with Crippen LogP contribution in [0.3, 0.4) is 0 Å². The molecule has 1 aliphatic heterocycles. The first-order valence-corrected chi connectivity index (χ1v) is 6.26. The summed E-state index contributed by atoms with van der Waals surface area (Å²) in [6, 6.07) is 7.29. The molecule has 7 nitrogen and oxygen atoms in total. The van der Waals surface area contributed by atoms with Crippen molar-refractivity contribution in [2.24, 2.45) is 0 Å². The maximum Gasteiger partial charge on any atom is 0.332 e. The van der Waals surface area contributed by atoms with Crippen molar-refractivity contribution in [1.82, 2.24) is 5.32 Å². The van der Waals surface area contributed by atoms with Gasteiger partial charge in [0.1, 0.15) is 5.75 Å². The van der Waals surface area contributed by atoms with Crippen molar-refractivity contribution in [3.8, 4) is 5.75 Å². The van der Waals surface area contributed by atoms with Crippen LogP contribution < -0.4 is 15.4 Å². The Labute approximate surface area is 115 Å². The van der Waals surface area contributed by atoms with Gasteiger partial charge in [-0.25, -0.2) is 4.79 Å². The van der Waals surface area contributed by atoms with E-state index in [1.807, 2.05) is 18.2 Å². The summed E-state index contributed by atoms with van der Waals surface area (Å²) >= 11 is 0. The zero-order valence-electron chi connectivity index (χ0n) is 10.7. The highest BCUT2D eigenvalue weighted by Gasteiger charge is 2.25. The Balaban J connectivity index is 1.81. The standard InChI is InChI=1S/C13H16N2O5/c16-9(13(18)19)5-6-14-12(17)11-7-15-8-3-1-2-4-10(8)20-11/h1-4,9,11,15-16H,5-7H2,(H,14,17)(H,18,19)/t9-,11?/m0/s1. The van der Waals surface area contributed by atoms with Crippen LogP contribution in [0.15, 0.2) is 24.3 Å². The lowest BCUT2D eigenvalue weighted by molar-refractivity contribution is -0.147. The van der Waals surface area contributed by atoms with E-state index in [1.54, 1.807) is 6.07 Å². The molecule has 0 radical (unpaired) electrons. The lowest BCUT2D eigenvalue weighted by atomic mass is 10.2. The largest absolute Gasteiger partial charge is 0.479 e. The van der Waals surface area contributed by atoms with Crippen LogP contribution in [0.2, 0.25) is 0 Å². The predicted octanol–water partition coefficient (Wildman–Crippen LogP) is -0.189. The van der Waals surface area contributed by atoms with Crippen LogP contribution in [0.25, 0.3) is 0 Å². The number of carbonyl (C=O) groups is 2. The van der Waals surface area contributed by atoms with E-state index in [1.165, 1.54) is 0 Å². The fourth-order valence-electron chi connectivity index (χ4n) is 1.83. The van der Waals surface area contributed by atoms with Crippen LogP contribution in [0.5, 0.6) is 5.75 Å². The maximum atomic E-state index is 11.9. The number of hydrogen-bond acceptors (Lipinski definition) is 5. The molecule has 2 rings (SSSR count). The Hall–Kier alpha value is -2.28. The number of aliphatic hydroxyl groups is 1. The van der Waals surface area contributed by atoms with Gasteiger partial charge in [-0.3, -0.25) is 4.79 Å². The second kappa shape index (κ2) is 6.25. The highest BCUT2D eigenvalue weighted by molar-refractivity contribution is 5.83. The van der Waals surface area contributed by atoms with Gasteiger partial charge in [-0.15, -0.1) is 0 Å². The molecule has 2 atom stereocenters. The molecule has 0 spiro atoms. The Bertz CT molecular complexity index is 505. The number of ether oxygens (including phenoxy) is 1. The SMILES string of the molecule is O=C(NCC[C@H](O)C(=O)O)C1CNc2ccccc2O1. The third-order valence-corrected chi connectivity index (χ3v) is 2.93. The van der Waals surface area contributed by atoms with Gasteiger partial charge in [-0.05, 0) is 12.1 Å². The molecule has 20 heavy (non-hydrogen) atoms. The average Bonchev–Trinajstić information content (AvgIpc) is 2.46. The lowest BCUT2D eigenvalue weighted by Gasteiger charge is -2.26. The summed E-state index contributed by atoms with van der Waals surface area (Å²) < 4.78 is 5.55. The van der Waals surface area contributed by atoms with Gasteiger partial charge in [0.15, 0.2) is 12.2 Å². The molecule has 1 amide bonds. The second-order valence-corrected chi connectivity index (χ2v) is 4.42. The van der Waals surface area contributed by atoms with Crippen molar-refractivity contribution in [2.75, 3.05) is 18.4 Å². The number of nitrogens with one attached hydrogen (secondary N) is 2. The van der Waals surface area contributed by atoms with Crippen molar-refractivity contribution in [3.05, 3.63) is 24.3 Å². The molecule has 0 fully saturated rings. The topological polar surface area (TPSA) is 108 Å². The molecular formula is C13H16N2O5. The van der Waals surface area contributed by atoms with Crippen molar-refractivity contribution >= 4 is 17.6 Å². The number of aliphatic carboxylic acids is 1. The zero-order chi connectivity index (χ0) is 14.5. The van der Waals surface area contributed by atoms with Crippen molar-refractivity contribution < 1.29 is 24.5 Å². The van der Waals surface area contributed by atoms with Crippen molar-refractivity contribution in [3.63, 3.8) is 0 Å². The molecular weight excluding hydrogens is 264 g/mol. The molecule has 4 N–H and O–H groups in total. The fourth-order valence-corrected chi connectivity index (χ4v) is 1.83. The minimum absolute atomic E-state index is 0.0438. The molecule has 1 aliphatic rings. The number of aliphatic hydroxyl groups excluding tert-OH is 1. The molecule has 0 aliphatic carbocycles. The number of carboxylic acids is 1. The number of fused-ring (bicyclic) bond motifs is 1. The fraction of sp³-hybridized carbons (Fsp3) is 0.385. The second-order valence-electron chi connectivity index (χ2n) is 4.42. The summed E-state index contributed by atoms with van der Waals surface area (Å²) in [5.74, 6) is -1.04. The lowest BCUT2D eigenvalue weighted by Crippen LogP contribution is -2.45. The molecule has 0 saturated carbocycles. The minimum atomic E-state index is -1.47. The number of para-hydroxylation sites is 2. The molecule has 1 aromatic carbocycles. The third kappa shape index (κ3) is 3.39. The van der Waals surface area contributed by atoms with Crippen molar-refractivity contribution in [2.45, 2.75) is 18.6 Å². The van der Waals surface area contributed by atoms with Crippen molar-refractivity contribution in [1.29, 1.82) is 0 Å². The van der Waals surface area contributed by atoms with E-state index in [0.29, 0.717) is 12.3 Å². The molecule has 1 aromatic rings. The Kier molecular flexibility index (Phi) is 4.41. The summed E-state index contributed by atoms with van der Waals surface area (Å²) in [7, 11) is 0. The highest BCUT2D eigenvalue weighted by atomic mass is 16.5. The number of hydrogen-bond donors (Lipinski definition) is 4. The smallest absolute Gasteiger partial charge is 0.332 e. The summed E-state index contributed by atoms with van der Waals surface area (Å²) in [6.07, 6.45) is -2.19. The predicted molar refractivity (Wildman–Crippen MR) is 70.6 cm³/mol. The first kappa shape index (κ1) is 14.1. The monoisotopic (exact) mass is 280 g/mol. The molecule has 1 unspecified atom stereocenters. The minimum Gasteiger partial charge on any atom is -0.479 e. The number of rotatable bonds is 5. The quantitative estimate of drug-likeness (QED) is 0.595. The molecule has 108 valence electrons. The van der Waals surface area contributed by atoms with Gasteiger partial charge in [0.05, 0.1) is 12.2 Å². The van der Waals surface area contributed by atoms with Crippen LogP contribution in [0.1, 0.15) is 6.42 Å². The van der Waals surface area contributed by atoms with E-state index >= 15 is 0 Å². The van der Waals surface area contributed by atoms with Crippen LogP contribution in [-0.4, -0.2) is 47.4 Å². The summed E-state index contributed by atoms with van der Waals surface area (Å²) in [4.78, 5) is 22.3. The van der Waals surface area contributed by atoms with Crippen LogP contribution in [0.4, 0.5) is 5.69 Å². The molecule has 0 saturated heterocycles. The van der Waals surface area contributed by atoms with Crippen LogP contribution in [-0.2, 0) is 9.59 Å². The summed E-state index contributed by atoms with van der Waals surface area (Å²) in [6.45, 7) is 0.415. The first-order chi connectivity index (χ1) is 9.58. The van der Waals surface area contributed by atoms with E-state index in [9.17, 15) is 9.59 Å². The Morgan fingerprint density at radius 2 is 2.20 bits per heavy atom. The molecule has 0 aromatic heterocycles. The van der Waals surface area contributed by atoms with Gasteiger partial charge < -0.3 is 25.6 Å². The van der Waals surface area contributed by atoms with E-state index < -0.39 is 18.2 Å². The van der Waals surface area contributed by atoms with E-state index in [-0.39, 0.29) is 18.9 Å². The number of carbonyl (C=O) groups excluding carboxylic acids is 1. The number of benzene rings is 1. The molecule has 0 bridgehead atoms. The summed E-state index contributed by atoms with van der Waals surface area (Å²) in [5.41, 5.74) is 0.831.